The van der Waals surface area contributed by atoms with Crippen LogP contribution in [0, 0.1) is 0 Å². The number of sulfonamides is 1. The summed E-state index contributed by atoms with van der Waals surface area (Å²) in [6, 6.07) is 11.6. The number of nitrogens with zero attached hydrogens (tertiary/aromatic N) is 2. The third kappa shape index (κ3) is 3.90. The number of nitrogens with one attached hydrogen (secondary N) is 1. The predicted molar refractivity (Wildman–Crippen MR) is 114 cm³/mol. The van der Waals surface area contributed by atoms with Crippen molar-refractivity contribution >= 4 is 59.6 Å². The fourth-order valence-electron chi connectivity index (χ4n) is 2.71. The number of thiophene rings is 1. The zero-order valence-corrected chi connectivity index (χ0v) is 17.4. The van der Waals surface area contributed by atoms with E-state index in [0.29, 0.717) is 16.3 Å². The molecule has 1 aromatic carbocycles. The fraction of sp³-hybridized carbons (Fsp3) is 0.111. The molecule has 0 aliphatic heterocycles. The van der Waals surface area contributed by atoms with Crippen LogP contribution in [0.15, 0.2) is 62.7 Å². The Labute approximate surface area is 174 Å². The van der Waals surface area contributed by atoms with Crippen LogP contribution in [-0.4, -0.2) is 32.4 Å². The second-order valence-electron chi connectivity index (χ2n) is 5.90. The topological polar surface area (TPSA) is 119 Å². The van der Waals surface area contributed by atoms with Crippen LogP contribution in [0.25, 0.3) is 10.2 Å². The third-order valence-electron chi connectivity index (χ3n) is 4.00. The summed E-state index contributed by atoms with van der Waals surface area (Å²) in [5, 5.41) is 4.79. The van der Waals surface area contributed by atoms with Gasteiger partial charge >= 0.3 is 0 Å². The normalized spacial score (nSPS) is 11.6. The van der Waals surface area contributed by atoms with Gasteiger partial charge in [0.15, 0.2) is 10.9 Å². The zero-order valence-electron chi connectivity index (χ0n) is 14.9. The minimum Gasteiger partial charge on any atom is -0.459 e. The average Bonchev–Trinajstić information content (AvgIpc) is 3.46. The molecule has 0 spiro atoms. The maximum absolute atomic E-state index is 13.0. The summed E-state index contributed by atoms with van der Waals surface area (Å²) in [7, 11) is -3.71. The summed E-state index contributed by atoms with van der Waals surface area (Å²) in [5.74, 6) is -0.222. The molecule has 3 N–H and O–H groups in total. The number of thiazole rings is 1. The van der Waals surface area contributed by atoms with E-state index in [1.165, 1.54) is 21.9 Å². The Morgan fingerprint density at radius 3 is 2.79 bits per heavy atom. The number of nitrogens with two attached hydrogens (primary N) is 1. The number of hydrogen-bond acceptors (Lipinski definition) is 8. The van der Waals surface area contributed by atoms with Crippen molar-refractivity contribution in [3.05, 3.63) is 59.9 Å². The molecule has 0 saturated heterocycles. The fourth-order valence-corrected chi connectivity index (χ4v) is 6.18. The molecule has 4 aromatic rings. The first kappa shape index (κ1) is 19.6. The van der Waals surface area contributed by atoms with Crippen LogP contribution < -0.4 is 15.4 Å². The van der Waals surface area contributed by atoms with Gasteiger partial charge in [-0.1, -0.05) is 17.4 Å². The summed E-state index contributed by atoms with van der Waals surface area (Å²) in [6.07, 6.45) is 1.42. The highest BCUT2D eigenvalue weighted by Gasteiger charge is 2.26. The van der Waals surface area contributed by atoms with Crippen LogP contribution in [0.5, 0.6) is 0 Å². The van der Waals surface area contributed by atoms with Crippen molar-refractivity contribution in [3.63, 3.8) is 0 Å². The molecule has 3 heterocycles. The molecule has 0 aliphatic carbocycles. The molecular weight excluding hydrogens is 432 g/mol. The van der Waals surface area contributed by atoms with E-state index < -0.39 is 15.9 Å². The number of amides is 1. The molecule has 29 heavy (non-hydrogen) atoms. The SMILES string of the molecule is NCCN(c1ccc2nc(NC(=O)c3ccco3)sc2c1)S(=O)(=O)c1cccs1. The van der Waals surface area contributed by atoms with Gasteiger partial charge in [0.1, 0.15) is 4.21 Å². The minimum atomic E-state index is -3.71. The second kappa shape index (κ2) is 7.95. The van der Waals surface area contributed by atoms with Crippen LogP contribution in [0.4, 0.5) is 10.8 Å². The first-order valence-corrected chi connectivity index (χ1v) is 11.6. The van der Waals surface area contributed by atoms with Crippen LogP contribution in [0.2, 0.25) is 0 Å². The van der Waals surface area contributed by atoms with Gasteiger partial charge < -0.3 is 10.2 Å². The molecule has 4 rings (SSSR count). The van der Waals surface area contributed by atoms with Crippen molar-refractivity contribution in [1.82, 2.24) is 4.98 Å². The van der Waals surface area contributed by atoms with Crippen LogP contribution >= 0.6 is 22.7 Å². The van der Waals surface area contributed by atoms with E-state index in [-0.39, 0.29) is 23.1 Å². The van der Waals surface area contributed by atoms with Gasteiger partial charge in [0.25, 0.3) is 15.9 Å². The number of carbonyl (C=O) groups is 1. The number of benzene rings is 1. The maximum atomic E-state index is 13.0. The first-order chi connectivity index (χ1) is 14.0. The number of anilines is 2. The van der Waals surface area contributed by atoms with Crippen LogP contribution in [-0.2, 0) is 10.0 Å². The first-order valence-electron chi connectivity index (χ1n) is 8.51. The maximum Gasteiger partial charge on any atom is 0.293 e. The number of rotatable bonds is 7. The van der Waals surface area contributed by atoms with E-state index in [2.05, 4.69) is 10.3 Å². The molecule has 0 atom stereocenters. The number of fused-ring (bicyclic) bond motifs is 1. The van der Waals surface area contributed by atoms with Crippen molar-refractivity contribution in [2.75, 3.05) is 22.7 Å². The van der Waals surface area contributed by atoms with Gasteiger partial charge in [0, 0.05) is 13.1 Å². The Hall–Kier alpha value is -2.73. The molecule has 0 radical (unpaired) electrons. The molecule has 1 amide bonds. The lowest BCUT2D eigenvalue weighted by molar-refractivity contribution is 0.0996. The van der Waals surface area contributed by atoms with E-state index in [9.17, 15) is 13.2 Å². The summed E-state index contributed by atoms with van der Waals surface area (Å²) < 4.78 is 33.4. The third-order valence-corrected chi connectivity index (χ3v) is 8.13. The summed E-state index contributed by atoms with van der Waals surface area (Å²) in [5.41, 5.74) is 6.80. The van der Waals surface area contributed by atoms with E-state index in [1.54, 1.807) is 47.8 Å². The van der Waals surface area contributed by atoms with Crippen molar-refractivity contribution in [3.8, 4) is 0 Å². The van der Waals surface area contributed by atoms with Crippen LogP contribution in [0.1, 0.15) is 10.6 Å². The molecule has 0 unspecified atom stereocenters. The number of carbonyl (C=O) groups excluding carboxylic acids is 1. The van der Waals surface area contributed by atoms with Gasteiger partial charge in [-0.05, 0) is 41.8 Å². The highest BCUT2D eigenvalue weighted by molar-refractivity contribution is 7.94. The smallest absolute Gasteiger partial charge is 0.293 e. The summed E-state index contributed by atoms with van der Waals surface area (Å²) in [6.45, 7) is 0.322. The van der Waals surface area contributed by atoms with Crippen molar-refractivity contribution in [2.45, 2.75) is 4.21 Å². The van der Waals surface area contributed by atoms with Crippen LogP contribution in [0.3, 0.4) is 0 Å². The van der Waals surface area contributed by atoms with Crippen molar-refractivity contribution in [2.24, 2.45) is 5.73 Å². The van der Waals surface area contributed by atoms with Gasteiger partial charge in [-0.3, -0.25) is 14.4 Å². The summed E-state index contributed by atoms with van der Waals surface area (Å²) >= 11 is 2.40. The van der Waals surface area contributed by atoms with Crippen molar-refractivity contribution < 1.29 is 17.6 Å². The lowest BCUT2D eigenvalue weighted by Crippen LogP contribution is -2.35. The largest absolute Gasteiger partial charge is 0.459 e. The summed E-state index contributed by atoms with van der Waals surface area (Å²) in [4.78, 5) is 16.5. The molecule has 0 fully saturated rings. The Bertz CT molecular complexity index is 1230. The lowest BCUT2D eigenvalue weighted by Gasteiger charge is -2.23. The van der Waals surface area contributed by atoms with Crippen molar-refractivity contribution in [1.29, 1.82) is 0 Å². The number of furan rings is 1. The molecular formula is C18H16N4O4S3. The highest BCUT2D eigenvalue weighted by Crippen LogP contribution is 2.32. The zero-order chi connectivity index (χ0) is 20.4. The molecule has 0 saturated carbocycles. The van der Waals surface area contributed by atoms with Gasteiger partial charge in [0.05, 0.1) is 22.2 Å². The van der Waals surface area contributed by atoms with Gasteiger partial charge in [0.2, 0.25) is 0 Å². The Morgan fingerprint density at radius 2 is 2.10 bits per heavy atom. The molecule has 11 heteroatoms. The predicted octanol–water partition coefficient (Wildman–Crippen LogP) is 3.36. The lowest BCUT2D eigenvalue weighted by atomic mass is 10.3. The molecule has 0 aliphatic rings. The standard InChI is InChI=1S/C18H16N4O4S3/c19-7-8-22(29(24,25)16-4-2-10-27-16)12-5-6-13-15(11-12)28-18(20-13)21-17(23)14-3-1-9-26-14/h1-6,9-11H,7-8,19H2,(H,20,21,23). The van der Waals surface area contributed by atoms with Gasteiger partial charge in [-0.2, -0.15) is 0 Å². The Kier molecular flexibility index (Phi) is 5.37. The molecule has 8 nitrogen and oxygen atoms in total. The number of aromatic nitrogens is 1. The van der Waals surface area contributed by atoms with E-state index in [4.69, 9.17) is 10.2 Å². The van der Waals surface area contributed by atoms with Gasteiger partial charge in [-0.15, -0.1) is 11.3 Å². The molecule has 3 aromatic heterocycles. The minimum absolute atomic E-state index is 0.145. The van der Waals surface area contributed by atoms with Gasteiger partial charge in [-0.25, -0.2) is 13.4 Å². The molecule has 150 valence electrons. The van der Waals surface area contributed by atoms with E-state index >= 15 is 0 Å². The second-order valence-corrected chi connectivity index (χ2v) is 9.97. The number of hydrogen-bond donors (Lipinski definition) is 2. The van der Waals surface area contributed by atoms with E-state index in [1.807, 2.05) is 0 Å². The Morgan fingerprint density at radius 1 is 1.24 bits per heavy atom. The quantitative estimate of drug-likeness (QED) is 0.447. The highest BCUT2D eigenvalue weighted by atomic mass is 32.2. The monoisotopic (exact) mass is 448 g/mol. The molecule has 0 bridgehead atoms. The Balaban J connectivity index is 1.66. The average molecular weight is 449 g/mol. The van der Waals surface area contributed by atoms with E-state index in [0.717, 1.165) is 16.0 Å².